The summed E-state index contributed by atoms with van der Waals surface area (Å²) < 4.78 is 4.97. The third-order valence-corrected chi connectivity index (χ3v) is 3.86. The molecule has 0 atom stereocenters. The normalized spacial score (nSPS) is 10.2. The Morgan fingerprint density at radius 2 is 1.95 bits per heavy atom. The van der Waals surface area contributed by atoms with Gasteiger partial charge < -0.3 is 10.1 Å². The summed E-state index contributed by atoms with van der Waals surface area (Å²) >= 11 is 7.00. The zero-order valence-corrected chi connectivity index (χ0v) is 13.0. The summed E-state index contributed by atoms with van der Waals surface area (Å²) in [6, 6.07) is 6.65. The lowest BCUT2D eigenvalue weighted by molar-refractivity contribution is -0.119. The molecule has 1 N–H and O–H groups in total. The van der Waals surface area contributed by atoms with E-state index >= 15 is 0 Å². The number of rotatable bonds is 4. The summed E-state index contributed by atoms with van der Waals surface area (Å²) in [5, 5.41) is 3.97. The van der Waals surface area contributed by atoms with Crippen LogP contribution in [-0.4, -0.2) is 23.5 Å². The van der Waals surface area contributed by atoms with E-state index < -0.39 is 11.9 Å². The number of nitrogens with zero attached hydrogens (tertiary/aromatic N) is 1. The van der Waals surface area contributed by atoms with Gasteiger partial charge in [0.05, 0.1) is 10.7 Å². The number of carbonyl (C=O) groups is 2. The Kier molecular flexibility index (Phi) is 4.93. The lowest BCUT2D eigenvalue weighted by Crippen LogP contribution is -2.20. The molecule has 1 aromatic heterocycles. The van der Waals surface area contributed by atoms with Crippen LogP contribution in [0.2, 0.25) is 5.02 Å². The van der Waals surface area contributed by atoms with E-state index in [4.69, 9.17) is 16.3 Å². The number of thiazole rings is 1. The van der Waals surface area contributed by atoms with Crippen molar-refractivity contribution in [2.75, 3.05) is 11.9 Å². The number of hydrogen-bond donors (Lipinski definition) is 1. The molecule has 21 heavy (non-hydrogen) atoms. The van der Waals surface area contributed by atoms with Crippen molar-refractivity contribution >= 4 is 40.5 Å². The van der Waals surface area contributed by atoms with Crippen LogP contribution in [0, 0.1) is 13.8 Å². The second kappa shape index (κ2) is 6.69. The highest BCUT2D eigenvalue weighted by Gasteiger charge is 2.16. The van der Waals surface area contributed by atoms with Crippen LogP contribution in [0.5, 0.6) is 0 Å². The van der Waals surface area contributed by atoms with Crippen molar-refractivity contribution in [2.24, 2.45) is 0 Å². The van der Waals surface area contributed by atoms with Crippen LogP contribution in [-0.2, 0) is 9.53 Å². The van der Waals surface area contributed by atoms with Gasteiger partial charge in [0.25, 0.3) is 5.91 Å². The summed E-state index contributed by atoms with van der Waals surface area (Å²) in [5.41, 5.74) is 1.20. The third kappa shape index (κ3) is 4.27. The number of benzene rings is 1. The van der Waals surface area contributed by atoms with Crippen molar-refractivity contribution in [1.82, 2.24) is 4.98 Å². The first-order valence-corrected chi connectivity index (χ1v) is 7.31. The average molecular weight is 325 g/mol. The van der Waals surface area contributed by atoms with Gasteiger partial charge in [-0.1, -0.05) is 11.6 Å². The summed E-state index contributed by atoms with van der Waals surface area (Å²) in [5.74, 6) is -0.950. The Labute approximate surface area is 130 Å². The molecule has 7 heteroatoms. The van der Waals surface area contributed by atoms with Crippen molar-refractivity contribution < 1.29 is 14.3 Å². The van der Waals surface area contributed by atoms with Crippen LogP contribution < -0.4 is 5.32 Å². The number of hydrogen-bond acceptors (Lipinski definition) is 5. The van der Waals surface area contributed by atoms with Crippen molar-refractivity contribution in [1.29, 1.82) is 0 Å². The van der Waals surface area contributed by atoms with Gasteiger partial charge in [-0.15, -0.1) is 11.3 Å². The lowest BCUT2D eigenvalue weighted by atomic mass is 10.3. The van der Waals surface area contributed by atoms with Gasteiger partial charge in [-0.3, -0.25) is 4.79 Å². The number of anilines is 1. The van der Waals surface area contributed by atoms with E-state index in [1.165, 1.54) is 11.3 Å². The van der Waals surface area contributed by atoms with Gasteiger partial charge in [-0.05, 0) is 38.1 Å². The standard InChI is InChI=1S/C14H13ClN2O3S/c1-8-13(21-9(2)16-8)14(19)20-7-12(18)17-11-5-3-10(15)4-6-11/h3-6H,7H2,1-2H3,(H,17,18). The zero-order chi connectivity index (χ0) is 15.4. The zero-order valence-electron chi connectivity index (χ0n) is 11.5. The van der Waals surface area contributed by atoms with Crippen molar-refractivity contribution in [3.8, 4) is 0 Å². The second-order valence-corrected chi connectivity index (χ2v) is 5.92. The molecule has 0 radical (unpaired) electrons. The molecule has 0 aliphatic heterocycles. The van der Waals surface area contributed by atoms with E-state index in [-0.39, 0.29) is 6.61 Å². The summed E-state index contributed by atoms with van der Waals surface area (Å²) in [6.45, 7) is 3.19. The Morgan fingerprint density at radius 1 is 1.29 bits per heavy atom. The molecule has 1 amide bonds. The van der Waals surface area contributed by atoms with E-state index in [0.29, 0.717) is 21.3 Å². The van der Waals surface area contributed by atoms with Crippen molar-refractivity contribution in [3.05, 3.63) is 44.9 Å². The summed E-state index contributed by atoms with van der Waals surface area (Å²) in [7, 11) is 0. The van der Waals surface area contributed by atoms with Gasteiger partial charge in [-0.2, -0.15) is 0 Å². The molecule has 0 bridgehead atoms. The maximum absolute atomic E-state index is 11.8. The Hall–Kier alpha value is -1.92. The number of halogens is 1. The number of carbonyl (C=O) groups excluding carboxylic acids is 2. The molecule has 1 aromatic carbocycles. The van der Waals surface area contributed by atoms with E-state index in [9.17, 15) is 9.59 Å². The number of nitrogens with one attached hydrogen (secondary N) is 1. The molecule has 0 aliphatic rings. The van der Waals surface area contributed by atoms with Crippen LogP contribution in [0.3, 0.4) is 0 Å². The molecule has 0 aliphatic carbocycles. The largest absolute Gasteiger partial charge is 0.451 e. The highest BCUT2D eigenvalue weighted by molar-refractivity contribution is 7.13. The van der Waals surface area contributed by atoms with E-state index in [1.54, 1.807) is 31.2 Å². The molecule has 2 aromatic rings. The van der Waals surface area contributed by atoms with Crippen LogP contribution in [0.4, 0.5) is 5.69 Å². The fourth-order valence-corrected chi connectivity index (χ4v) is 2.59. The SMILES string of the molecule is Cc1nc(C)c(C(=O)OCC(=O)Nc2ccc(Cl)cc2)s1. The second-order valence-electron chi connectivity index (χ2n) is 4.28. The van der Waals surface area contributed by atoms with Crippen molar-refractivity contribution in [2.45, 2.75) is 13.8 Å². The first kappa shape index (κ1) is 15.5. The number of esters is 1. The summed E-state index contributed by atoms with van der Waals surface area (Å²) in [6.07, 6.45) is 0. The van der Waals surface area contributed by atoms with Gasteiger partial charge in [0, 0.05) is 10.7 Å². The van der Waals surface area contributed by atoms with Gasteiger partial charge in [-0.25, -0.2) is 9.78 Å². The lowest BCUT2D eigenvalue weighted by Gasteiger charge is -2.06. The van der Waals surface area contributed by atoms with E-state index in [2.05, 4.69) is 10.3 Å². The highest BCUT2D eigenvalue weighted by Crippen LogP contribution is 2.18. The number of aromatic nitrogens is 1. The fraction of sp³-hybridized carbons (Fsp3) is 0.214. The number of ether oxygens (including phenoxy) is 1. The van der Waals surface area contributed by atoms with Gasteiger partial charge in [0.1, 0.15) is 4.88 Å². The molecule has 0 fully saturated rings. The molecular formula is C14H13ClN2O3S. The molecule has 0 saturated carbocycles. The minimum Gasteiger partial charge on any atom is -0.451 e. The maximum Gasteiger partial charge on any atom is 0.350 e. The van der Waals surface area contributed by atoms with E-state index in [0.717, 1.165) is 5.01 Å². The van der Waals surface area contributed by atoms with Gasteiger partial charge >= 0.3 is 5.97 Å². The minimum absolute atomic E-state index is 0.349. The van der Waals surface area contributed by atoms with Crippen LogP contribution in [0.25, 0.3) is 0 Å². The minimum atomic E-state index is -0.538. The quantitative estimate of drug-likeness (QED) is 0.877. The van der Waals surface area contributed by atoms with Crippen LogP contribution in [0.15, 0.2) is 24.3 Å². The molecule has 110 valence electrons. The molecule has 0 spiro atoms. The molecule has 2 rings (SSSR count). The Bertz CT molecular complexity index is 667. The smallest absolute Gasteiger partial charge is 0.350 e. The van der Waals surface area contributed by atoms with Crippen LogP contribution >= 0.6 is 22.9 Å². The number of aryl methyl sites for hydroxylation is 2. The average Bonchev–Trinajstić information content (AvgIpc) is 2.78. The number of amides is 1. The van der Waals surface area contributed by atoms with Gasteiger partial charge in [0.2, 0.25) is 0 Å². The predicted octanol–water partition coefficient (Wildman–Crippen LogP) is 3.21. The molecule has 5 nitrogen and oxygen atoms in total. The molecule has 0 saturated heterocycles. The highest BCUT2D eigenvalue weighted by atomic mass is 35.5. The van der Waals surface area contributed by atoms with Crippen molar-refractivity contribution in [3.63, 3.8) is 0 Å². The topological polar surface area (TPSA) is 68.3 Å². The Balaban J connectivity index is 1.88. The summed E-state index contributed by atoms with van der Waals surface area (Å²) in [4.78, 5) is 28.1. The first-order chi connectivity index (χ1) is 9.95. The van der Waals surface area contributed by atoms with E-state index in [1.807, 2.05) is 6.92 Å². The van der Waals surface area contributed by atoms with Gasteiger partial charge in [0.15, 0.2) is 6.61 Å². The van der Waals surface area contributed by atoms with Crippen LogP contribution in [0.1, 0.15) is 20.4 Å². The molecule has 1 heterocycles. The molecular weight excluding hydrogens is 312 g/mol. The monoisotopic (exact) mass is 324 g/mol. The predicted molar refractivity (Wildman–Crippen MR) is 82.0 cm³/mol. The maximum atomic E-state index is 11.8. The molecule has 0 unspecified atom stereocenters. The third-order valence-electron chi connectivity index (χ3n) is 2.55. The first-order valence-electron chi connectivity index (χ1n) is 6.12. The fourth-order valence-electron chi connectivity index (χ4n) is 1.65. The Morgan fingerprint density at radius 3 is 2.52 bits per heavy atom.